The second-order valence-corrected chi connectivity index (χ2v) is 4.87. The lowest BCUT2D eigenvalue weighted by Gasteiger charge is -2.02. The maximum Gasteiger partial charge on any atom is 0.337 e. The van der Waals surface area contributed by atoms with Crippen LogP contribution in [-0.2, 0) is 0 Å². The number of aromatic nitrogens is 2. The number of imidazole rings is 1. The first-order valence-electron chi connectivity index (χ1n) is 6.77. The lowest BCUT2D eigenvalue weighted by molar-refractivity contribution is -0.385. The molecule has 2 aromatic carbocycles. The molecule has 0 atom stereocenters. The number of non-ortho nitro benzene ring substituents is 2. The van der Waals surface area contributed by atoms with E-state index in [1.165, 1.54) is 70.1 Å². The van der Waals surface area contributed by atoms with Crippen LogP contribution in [0.2, 0.25) is 0 Å². The molecule has 1 heterocycles. The van der Waals surface area contributed by atoms with Crippen molar-refractivity contribution in [3.8, 4) is 11.4 Å². The third kappa shape index (κ3) is 2.65. The van der Waals surface area contributed by atoms with Crippen molar-refractivity contribution in [2.45, 2.75) is 0 Å². The van der Waals surface area contributed by atoms with Crippen molar-refractivity contribution in [1.82, 2.24) is 9.13 Å². The van der Waals surface area contributed by atoms with Gasteiger partial charge in [-0.2, -0.15) is 0 Å². The van der Waals surface area contributed by atoms with Gasteiger partial charge in [-0.05, 0) is 24.3 Å². The Morgan fingerprint density at radius 3 is 1.29 bits per heavy atom. The van der Waals surface area contributed by atoms with E-state index < -0.39 is 15.5 Å². The highest BCUT2D eigenvalue weighted by Crippen LogP contribution is 2.16. The van der Waals surface area contributed by atoms with Crippen LogP contribution < -0.4 is 5.69 Å². The van der Waals surface area contributed by atoms with Crippen molar-refractivity contribution in [3.63, 3.8) is 0 Å². The van der Waals surface area contributed by atoms with E-state index in [0.717, 1.165) is 0 Å². The molecule has 0 N–H and O–H groups in total. The average molecular weight is 326 g/mol. The standard InChI is InChI=1S/C15H10N4O5/c20-15-16(11-1-5-13(6-2-11)18(21)22)9-10-17(15)12-3-7-14(8-4-12)19(23)24/h1-10H. The summed E-state index contributed by atoms with van der Waals surface area (Å²) in [6.07, 6.45) is 3.04. The minimum atomic E-state index is -0.519. The van der Waals surface area contributed by atoms with Gasteiger partial charge in [-0.3, -0.25) is 29.4 Å². The van der Waals surface area contributed by atoms with Crippen molar-refractivity contribution in [2.75, 3.05) is 0 Å². The molecule has 0 radical (unpaired) electrons. The zero-order valence-electron chi connectivity index (χ0n) is 12.1. The van der Waals surface area contributed by atoms with Crippen molar-refractivity contribution >= 4 is 11.4 Å². The lowest BCUT2D eigenvalue weighted by Crippen LogP contribution is -2.21. The fraction of sp³-hybridized carbons (Fsp3) is 0. The molecule has 1 aromatic heterocycles. The van der Waals surface area contributed by atoms with Gasteiger partial charge in [0.2, 0.25) is 0 Å². The monoisotopic (exact) mass is 326 g/mol. The van der Waals surface area contributed by atoms with Crippen LogP contribution in [0.4, 0.5) is 11.4 Å². The van der Waals surface area contributed by atoms with E-state index in [9.17, 15) is 25.0 Å². The summed E-state index contributed by atoms with van der Waals surface area (Å²) in [5.41, 5.74) is 0.429. The topological polar surface area (TPSA) is 113 Å². The smallest absolute Gasteiger partial charge is 0.268 e. The molecule has 0 saturated carbocycles. The zero-order valence-corrected chi connectivity index (χ0v) is 12.1. The van der Waals surface area contributed by atoms with Gasteiger partial charge in [-0.25, -0.2) is 4.79 Å². The van der Waals surface area contributed by atoms with Crippen LogP contribution in [0.25, 0.3) is 11.4 Å². The van der Waals surface area contributed by atoms with Crippen molar-refractivity contribution in [2.24, 2.45) is 0 Å². The molecule has 0 aliphatic rings. The van der Waals surface area contributed by atoms with Crippen LogP contribution in [0.3, 0.4) is 0 Å². The van der Waals surface area contributed by atoms with Gasteiger partial charge in [-0.15, -0.1) is 0 Å². The molecule has 24 heavy (non-hydrogen) atoms. The van der Waals surface area contributed by atoms with E-state index in [0.29, 0.717) is 11.4 Å². The molecular weight excluding hydrogens is 316 g/mol. The normalized spacial score (nSPS) is 10.5. The number of rotatable bonds is 4. The molecule has 3 rings (SSSR count). The van der Waals surface area contributed by atoms with Gasteiger partial charge in [0.1, 0.15) is 0 Å². The first-order valence-corrected chi connectivity index (χ1v) is 6.77. The fourth-order valence-corrected chi connectivity index (χ4v) is 2.24. The van der Waals surface area contributed by atoms with E-state index in [1.807, 2.05) is 0 Å². The molecule has 9 heteroatoms. The Kier molecular flexibility index (Phi) is 3.66. The Morgan fingerprint density at radius 2 is 1.00 bits per heavy atom. The van der Waals surface area contributed by atoms with Crippen LogP contribution in [0.15, 0.2) is 65.7 Å². The van der Waals surface area contributed by atoms with Gasteiger partial charge in [0.05, 0.1) is 21.2 Å². The van der Waals surface area contributed by atoms with Crippen molar-refractivity contribution in [1.29, 1.82) is 0 Å². The molecule has 0 spiro atoms. The quantitative estimate of drug-likeness (QED) is 0.539. The summed E-state index contributed by atoms with van der Waals surface area (Å²) in [6.45, 7) is 0. The Bertz CT molecular complexity index is 892. The van der Waals surface area contributed by atoms with E-state index in [1.54, 1.807) is 0 Å². The van der Waals surface area contributed by atoms with Gasteiger partial charge >= 0.3 is 5.69 Å². The van der Waals surface area contributed by atoms with Gasteiger partial charge in [0, 0.05) is 36.7 Å². The second kappa shape index (κ2) is 5.80. The van der Waals surface area contributed by atoms with Crippen LogP contribution in [0, 0.1) is 20.2 Å². The highest BCUT2D eigenvalue weighted by atomic mass is 16.6. The maximum absolute atomic E-state index is 12.5. The number of hydrogen-bond acceptors (Lipinski definition) is 5. The lowest BCUT2D eigenvalue weighted by atomic mass is 10.3. The maximum atomic E-state index is 12.5. The van der Waals surface area contributed by atoms with Crippen molar-refractivity contribution in [3.05, 3.63) is 91.6 Å². The van der Waals surface area contributed by atoms with E-state index in [2.05, 4.69) is 0 Å². The first-order chi connectivity index (χ1) is 11.5. The number of hydrogen-bond donors (Lipinski definition) is 0. The average Bonchev–Trinajstić information content (AvgIpc) is 2.96. The Morgan fingerprint density at radius 1 is 0.667 bits per heavy atom. The minimum absolute atomic E-state index is 0.0680. The highest BCUT2D eigenvalue weighted by Gasteiger charge is 2.11. The van der Waals surface area contributed by atoms with E-state index >= 15 is 0 Å². The van der Waals surface area contributed by atoms with Gasteiger partial charge < -0.3 is 0 Å². The minimum Gasteiger partial charge on any atom is -0.268 e. The summed E-state index contributed by atoms with van der Waals surface area (Å²) in [4.78, 5) is 32.8. The molecule has 0 aliphatic carbocycles. The van der Waals surface area contributed by atoms with Crippen molar-refractivity contribution < 1.29 is 9.85 Å². The van der Waals surface area contributed by atoms with Crippen LogP contribution in [-0.4, -0.2) is 19.0 Å². The highest BCUT2D eigenvalue weighted by molar-refractivity contribution is 5.43. The molecule has 0 bridgehead atoms. The molecular formula is C15H10N4O5. The van der Waals surface area contributed by atoms with E-state index in [4.69, 9.17) is 0 Å². The number of nitro groups is 2. The summed E-state index contributed by atoms with van der Waals surface area (Å²) in [7, 11) is 0. The third-order valence-corrected chi connectivity index (χ3v) is 3.45. The third-order valence-electron chi connectivity index (χ3n) is 3.45. The predicted molar refractivity (Wildman–Crippen MR) is 84.7 cm³/mol. The fourth-order valence-electron chi connectivity index (χ4n) is 2.24. The zero-order chi connectivity index (χ0) is 17.3. The molecule has 120 valence electrons. The van der Waals surface area contributed by atoms with Crippen LogP contribution >= 0.6 is 0 Å². The number of benzene rings is 2. The van der Waals surface area contributed by atoms with Crippen LogP contribution in [0.1, 0.15) is 0 Å². The predicted octanol–water partition coefficient (Wildman–Crippen LogP) is 2.44. The molecule has 3 aromatic rings. The van der Waals surface area contributed by atoms with Gasteiger partial charge in [0.25, 0.3) is 11.4 Å². The van der Waals surface area contributed by atoms with Gasteiger partial charge in [0.15, 0.2) is 0 Å². The largest absolute Gasteiger partial charge is 0.337 e. The summed E-state index contributed by atoms with van der Waals surface area (Å²) < 4.78 is 2.65. The molecule has 9 nitrogen and oxygen atoms in total. The first kappa shape index (κ1) is 15.2. The van der Waals surface area contributed by atoms with Gasteiger partial charge in [-0.1, -0.05) is 0 Å². The Labute approximate surface area is 134 Å². The molecule has 0 aliphatic heterocycles. The molecule has 0 unspecified atom stereocenters. The van der Waals surface area contributed by atoms with Crippen LogP contribution in [0.5, 0.6) is 0 Å². The molecule has 0 fully saturated rings. The summed E-state index contributed by atoms with van der Waals surface area (Å²) in [5.74, 6) is 0. The summed E-state index contributed by atoms with van der Waals surface area (Å²) in [5, 5.41) is 21.3. The summed E-state index contributed by atoms with van der Waals surface area (Å²) >= 11 is 0. The van der Waals surface area contributed by atoms with E-state index in [-0.39, 0.29) is 11.4 Å². The number of nitrogens with zero attached hydrogens (tertiary/aromatic N) is 4. The number of nitro benzene ring substituents is 2. The summed E-state index contributed by atoms with van der Waals surface area (Å²) in [6, 6.07) is 11.1. The second-order valence-electron chi connectivity index (χ2n) is 4.87. The molecule has 0 amide bonds. The SMILES string of the molecule is O=c1n(-c2ccc([N+](=O)[O-])cc2)ccn1-c1ccc([N+](=O)[O-])cc1. The Hall–Kier alpha value is -3.75. The Balaban J connectivity index is 1.98. The molecule has 0 saturated heterocycles.